The molecule has 2 heteroatoms. The number of allylic oxidation sites excluding steroid dienone is 18. The lowest BCUT2D eigenvalue weighted by Crippen LogP contribution is -2.49. The SMILES string of the molecule is CC1(C2=CC=CCC2)Nc2ccccc2N1C1=CC=C(C2=C3C=CCCC3=C(C3=Cc4ccccc4CC3)C3CC=CC=C23)CC1. The molecule has 228 valence electrons. The third-order valence-corrected chi connectivity index (χ3v) is 11.3. The van der Waals surface area contributed by atoms with Crippen LogP contribution in [0.2, 0.25) is 0 Å². The van der Waals surface area contributed by atoms with E-state index in [9.17, 15) is 0 Å². The van der Waals surface area contributed by atoms with Gasteiger partial charge in [0.15, 0.2) is 0 Å². The summed E-state index contributed by atoms with van der Waals surface area (Å²) in [7, 11) is 0. The van der Waals surface area contributed by atoms with Crippen molar-refractivity contribution in [3.8, 4) is 0 Å². The van der Waals surface area contributed by atoms with Gasteiger partial charge in [-0.25, -0.2) is 0 Å². The molecule has 0 radical (unpaired) electrons. The summed E-state index contributed by atoms with van der Waals surface area (Å²) in [4.78, 5) is 2.60. The van der Waals surface area contributed by atoms with E-state index in [0.717, 1.165) is 57.8 Å². The number of fused-ring (bicyclic) bond motifs is 4. The Labute approximate surface area is 274 Å². The minimum atomic E-state index is -0.261. The van der Waals surface area contributed by atoms with E-state index in [1.807, 2.05) is 0 Å². The van der Waals surface area contributed by atoms with Gasteiger partial charge in [-0.05, 0) is 139 Å². The van der Waals surface area contributed by atoms with Crippen LogP contribution in [0.1, 0.15) is 69.4 Å². The molecule has 1 aliphatic heterocycles. The molecule has 0 saturated carbocycles. The van der Waals surface area contributed by atoms with Gasteiger partial charge in [-0.3, -0.25) is 0 Å². The van der Waals surface area contributed by atoms with Crippen molar-refractivity contribution in [1.29, 1.82) is 0 Å². The number of para-hydroxylation sites is 2. The number of hydrogen-bond acceptors (Lipinski definition) is 2. The number of benzene rings is 2. The maximum absolute atomic E-state index is 3.93. The number of hydrogen-bond donors (Lipinski definition) is 1. The highest BCUT2D eigenvalue weighted by Crippen LogP contribution is 2.53. The highest BCUT2D eigenvalue weighted by Gasteiger charge is 2.44. The lowest BCUT2D eigenvalue weighted by Gasteiger charge is -2.42. The summed E-state index contributed by atoms with van der Waals surface area (Å²) in [6, 6.07) is 17.8. The van der Waals surface area contributed by atoms with Crippen LogP contribution in [0.5, 0.6) is 0 Å². The predicted molar refractivity (Wildman–Crippen MR) is 193 cm³/mol. The van der Waals surface area contributed by atoms with Gasteiger partial charge < -0.3 is 10.2 Å². The molecule has 2 nitrogen and oxygen atoms in total. The molecule has 1 N–H and O–H groups in total. The van der Waals surface area contributed by atoms with Crippen molar-refractivity contribution in [3.63, 3.8) is 0 Å². The molecule has 0 aromatic heterocycles. The summed E-state index contributed by atoms with van der Waals surface area (Å²) in [5, 5.41) is 3.93. The van der Waals surface area contributed by atoms with Crippen LogP contribution >= 0.6 is 0 Å². The quantitative estimate of drug-likeness (QED) is 0.377. The summed E-state index contributed by atoms with van der Waals surface area (Å²) < 4.78 is 0. The van der Waals surface area contributed by atoms with Crippen molar-refractivity contribution < 1.29 is 0 Å². The molecule has 2 aromatic rings. The largest absolute Gasteiger partial charge is 0.357 e. The van der Waals surface area contributed by atoms with Crippen LogP contribution in [0.3, 0.4) is 0 Å². The second-order valence-corrected chi connectivity index (χ2v) is 13.9. The standard InChI is InChI=1S/C44H42N2/c1-44(34-15-3-2-4-16-34)45-40-21-11-12-22-41(40)46(44)35-27-25-31(26-28-35)42-36-17-7-9-19-38(36)43(39-20-10-8-18-37(39)42)33-24-23-30-13-5-6-14-32(30)29-33/h2-3,5-9,11-15,17-18,21-22,25,27,29,38,45H,4,10,16,19-20,23-24,26,28H2,1H3. The van der Waals surface area contributed by atoms with Gasteiger partial charge in [0.2, 0.25) is 0 Å². The second-order valence-electron chi connectivity index (χ2n) is 13.9. The Morgan fingerprint density at radius 3 is 2.50 bits per heavy atom. The maximum atomic E-state index is 3.93. The van der Waals surface area contributed by atoms with Gasteiger partial charge in [0.1, 0.15) is 5.66 Å². The Morgan fingerprint density at radius 1 is 0.761 bits per heavy atom. The fraction of sp³-hybridized carbons (Fsp3) is 0.273. The molecular formula is C44H42N2. The molecule has 9 rings (SSSR count). The van der Waals surface area contributed by atoms with Crippen molar-refractivity contribution >= 4 is 17.5 Å². The Morgan fingerprint density at radius 2 is 1.61 bits per heavy atom. The van der Waals surface area contributed by atoms with Crippen molar-refractivity contribution in [2.75, 3.05) is 10.2 Å². The van der Waals surface area contributed by atoms with Gasteiger partial charge in [0.25, 0.3) is 0 Å². The Bertz CT molecular complexity index is 1960. The predicted octanol–water partition coefficient (Wildman–Crippen LogP) is 11.0. The van der Waals surface area contributed by atoms with E-state index in [-0.39, 0.29) is 5.66 Å². The smallest absolute Gasteiger partial charge is 0.134 e. The molecule has 7 aliphatic rings. The fourth-order valence-electron chi connectivity index (χ4n) is 9.15. The maximum Gasteiger partial charge on any atom is 0.134 e. The van der Waals surface area contributed by atoms with Crippen LogP contribution < -0.4 is 10.2 Å². The van der Waals surface area contributed by atoms with Crippen LogP contribution in [-0.4, -0.2) is 5.66 Å². The Balaban J connectivity index is 1.15. The van der Waals surface area contributed by atoms with E-state index >= 15 is 0 Å². The Hall–Kier alpha value is -4.56. The summed E-state index contributed by atoms with van der Waals surface area (Å²) in [5.74, 6) is 0.442. The summed E-state index contributed by atoms with van der Waals surface area (Å²) in [6.45, 7) is 2.37. The molecule has 0 fully saturated rings. The van der Waals surface area contributed by atoms with Crippen LogP contribution in [0.15, 0.2) is 160 Å². The zero-order chi connectivity index (χ0) is 30.7. The van der Waals surface area contributed by atoms with Gasteiger partial charge >= 0.3 is 0 Å². The highest BCUT2D eigenvalue weighted by molar-refractivity contribution is 5.83. The minimum Gasteiger partial charge on any atom is -0.357 e. The van der Waals surface area contributed by atoms with E-state index in [0.29, 0.717) is 5.92 Å². The first-order valence-corrected chi connectivity index (χ1v) is 17.4. The van der Waals surface area contributed by atoms with Gasteiger partial charge in [0.05, 0.1) is 11.4 Å². The third-order valence-electron chi connectivity index (χ3n) is 11.3. The Kier molecular flexibility index (Phi) is 6.66. The molecule has 46 heavy (non-hydrogen) atoms. The molecule has 2 aromatic carbocycles. The molecule has 0 spiro atoms. The zero-order valence-electron chi connectivity index (χ0n) is 26.9. The highest BCUT2D eigenvalue weighted by atomic mass is 15.4. The first-order chi connectivity index (χ1) is 22.7. The van der Waals surface area contributed by atoms with Crippen LogP contribution in [0.4, 0.5) is 11.4 Å². The van der Waals surface area contributed by atoms with Gasteiger partial charge in [-0.15, -0.1) is 0 Å². The first kappa shape index (κ1) is 27.7. The van der Waals surface area contributed by atoms with Crippen LogP contribution in [-0.2, 0) is 6.42 Å². The normalized spacial score (nSPS) is 26.2. The van der Waals surface area contributed by atoms with E-state index in [1.165, 1.54) is 56.1 Å². The van der Waals surface area contributed by atoms with Gasteiger partial charge in [0, 0.05) is 11.6 Å². The number of aryl methyl sites for hydroxylation is 1. The number of anilines is 2. The summed E-state index contributed by atoms with van der Waals surface area (Å²) in [5.41, 5.74) is 18.8. The van der Waals surface area contributed by atoms with Gasteiger partial charge in [-0.1, -0.05) is 97.2 Å². The van der Waals surface area contributed by atoms with Crippen molar-refractivity contribution in [1.82, 2.24) is 0 Å². The molecular weight excluding hydrogens is 556 g/mol. The summed E-state index contributed by atoms with van der Waals surface area (Å²) in [6.07, 6.45) is 36.2. The topological polar surface area (TPSA) is 15.3 Å². The first-order valence-electron chi connectivity index (χ1n) is 17.4. The fourth-order valence-corrected chi connectivity index (χ4v) is 9.15. The molecule has 2 unspecified atom stereocenters. The zero-order valence-corrected chi connectivity index (χ0v) is 26.9. The van der Waals surface area contributed by atoms with E-state index < -0.39 is 0 Å². The van der Waals surface area contributed by atoms with E-state index in [1.54, 1.807) is 16.7 Å². The molecule has 0 amide bonds. The summed E-state index contributed by atoms with van der Waals surface area (Å²) >= 11 is 0. The molecule has 1 heterocycles. The molecule has 0 bridgehead atoms. The number of nitrogens with zero attached hydrogens (tertiary/aromatic N) is 1. The molecule has 6 aliphatic carbocycles. The van der Waals surface area contributed by atoms with Crippen molar-refractivity contribution in [2.45, 2.75) is 70.4 Å². The van der Waals surface area contributed by atoms with Crippen LogP contribution in [0, 0.1) is 5.92 Å². The van der Waals surface area contributed by atoms with E-state index in [2.05, 4.69) is 133 Å². The monoisotopic (exact) mass is 598 g/mol. The lowest BCUT2D eigenvalue weighted by atomic mass is 9.65. The van der Waals surface area contributed by atoms with Gasteiger partial charge in [-0.2, -0.15) is 0 Å². The van der Waals surface area contributed by atoms with E-state index in [4.69, 9.17) is 0 Å². The average molecular weight is 599 g/mol. The molecule has 0 saturated heterocycles. The van der Waals surface area contributed by atoms with Crippen molar-refractivity contribution in [2.24, 2.45) is 5.92 Å². The third kappa shape index (κ3) is 4.37. The second kappa shape index (κ2) is 11.1. The lowest BCUT2D eigenvalue weighted by molar-refractivity contribution is 0.570. The minimum absolute atomic E-state index is 0.261. The average Bonchev–Trinajstić information content (AvgIpc) is 3.43. The number of nitrogens with one attached hydrogen (secondary N) is 1. The van der Waals surface area contributed by atoms with Crippen LogP contribution in [0.25, 0.3) is 6.08 Å². The molecule has 2 atom stereocenters. The van der Waals surface area contributed by atoms with Crippen molar-refractivity contribution in [3.05, 3.63) is 171 Å². The number of rotatable bonds is 4.